The zero-order valence-electron chi connectivity index (χ0n) is 15.0. The Morgan fingerprint density at radius 1 is 1.11 bits per heavy atom. The first-order valence-electron chi connectivity index (χ1n) is 8.38. The molecule has 1 aliphatic heterocycles. The molecule has 0 radical (unpaired) electrons. The highest BCUT2D eigenvalue weighted by atomic mass is 35.5. The monoisotopic (exact) mass is 409 g/mol. The van der Waals surface area contributed by atoms with Crippen molar-refractivity contribution in [1.29, 1.82) is 0 Å². The van der Waals surface area contributed by atoms with Crippen LogP contribution in [-0.2, 0) is 9.84 Å². The van der Waals surface area contributed by atoms with Gasteiger partial charge in [0.2, 0.25) is 0 Å². The summed E-state index contributed by atoms with van der Waals surface area (Å²) < 4.78 is 36.2. The van der Waals surface area contributed by atoms with Crippen molar-refractivity contribution >= 4 is 27.3 Å². The lowest BCUT2D eigenvalue weighted by Gasteiger charge is -2.19. The summed E-state index contributed by atoms with van der Waals surface area (Å²) in [4.78, 5) is 14.7. The van der Waals surface area contributed by atoms with Gasteiger partial charge in [-0.1, -0.05) is 17.7 Å². The van der Waals surface area contributed by atoms with E-state index in [2.05, 4.69) is 0 Å². The predicted octanol–water partition coefficient (Wildman–Crippen LogP) is 3.05. The van der Waals surface area contributed by atoms with Crippen LogP contribution in [0.1, 0.15) is 16.8 Å². The van der Waals surface area contributed by atoms with Crippen molar-refractivity contribution in [3.8, 4) is 11.5 Å². The average molecular weight is 410 g/mol. The van der Waals surface area contributed by atoms with E-state index in [0.717, 1.165) is 0 Å². The lowest BCUT2D eigenvalue weighted by atomic mass is 10.1. The van der Waals surface area contributed by atoms with Gasteiger partial charge >= 0.3 is 0 Å². The molecular formula is C19H20ClNO5S. The Balaban J connectivity index is 1.82. The Hall–Kier alpha value is -2.25. The Kier molecular flexibility index (Phi) is 5.62. The molecule has 1 atom stereocenters. The molecule has 2 aromatic rings. The lowest BCUT2D eigenvalue weighted by molar-refractivity contribution is 0.0789. The molecule has 0 aliphatic carbocycles. The van der Waals surface area contributed by atoms with E-state index in [0.29, 0.717) is 35.1 Å². The molecule has 6 nitrogen and oxygen atoms in total. The van der Waals surface area contributed by atoms with E-state index in [1.165, 1.54) is 31.3 Å². The number of amides is 1. The van der Waals surface area contributed by atoms with Gasteiger partial charge in [-0.2, -0.15) is 0 Å². The molecule has 0 bridgehead atoms. The number of hydrogen-bond donors (Lipinski definition) is 0. The van der Waals surface area contributed by atoms with Crippen molar-refractivity contribution in [2.24, 2.45) is 0 Å². The summed E-state index contributed by atoms with van der Waals surface area (Å²) in [5, 5.41) is -0.179. The second-order valence-corrected chi connectivity index (χ2v) is 8.87. The highest BCUT2D eigenvalue weighted by Gasteiger charge is 2.37. The molecule has 1 heterocycles. The normalized spacial score (nSPS) is 17.0. The molecular weight excluding hydrogens is 390 g/mol. The van der Waals surface area contributed by atoms with Gasteiger partial charge in [-0.25, -0.2) is 8.42 Å². The van der Waals surface area contributed by atoms with E-state index in [1.54, 1.807) is 30.3 Å². The van der Waals surface area contributed by atoms with Crippen LogP contribution in [0.5, 0.6) is 11.5 Å². The first-order chi connectivity index (χ1) is 12.9. The minimum absolute atomic E-state index is 0.129. The van der Waals surface area contributed by atoms with Crippen molar-refractivity contribution in [3.05, 3.63) is 53.1 Å². The highest BCUT2D eigenvalue weighted by Crippen LogP contribution is 2.33. The summed E-state index contributed by atoms with van der Waals surface area (Å²) in [7, 11) is -0.580. The number of rotatable bonds is 5. The quantitative estimate of drug-likeness (QED) is 0.758. The molecule has 1 fully saturated rings. The zero-order valence-corrected chi connectivity index (χ0v) is 16.6. The maximum atomic E-state index is 12.9. The van der Waals surface area contributed by atoms with E-state index in [9.17, 15) is 13.2 Å². The van der Waals surface area contributed by atoms with E-state index >= 15 is 0 Å². The molecule has 8 heteroatoms. The molecule has 0 spiro atoms. The predicted molar refractivity (Wildman–Crippen MR) is 102 cm³/mol. The second kappa shape index (κ2) is 7.78. The minimum atomic E-state index is -3.54. The molecule has 1 aliphatic rings. The third-order valence-corrected chi connectivity index (χ3v) is 7.09. The van der Waals surface area contributed by atoms with Crippen molar-refractivity contribution in [1.82, 2.24) is 4.90 Å². The van der Waals surface area contributed by atoms with Gasteiger partial charge in [-0.3, -0.25) is 4.79 Å². The SMILES string of the molecule is COc1cccc(C(=O)N2CCC(S(=O)(=O)c3ccc(Cl)cc3)C2)c1OC. The van der Waals surface area contributed by atoms with Crippen LogP contribution in [0.15, 0.2) is 47.4 Å². The van der Waals surface area contributed by atoms with Crippen molar-refractivity contribution in [3.63, 3.8) is 0 Å². The van der Waals surface area contributed by atoms with Crippen LogP contribution in [0.3, 0.4) is 0 Å². The molecule has 0 aromatic heterocycles. The van der Waals surface area contributed by atoms with Gasteiger partial charge in [-0.15, -0.1) is 0 Å². The molecule has 0 saturated carbocycles. The fourth-order valence-corrected chi connectivity index (χ4v) is 5.03. The topological polar surface area (TPSA) is 72.9 Å². The number of nitrogens with zero attached hydrogens (tertiary/aromatic N) is 1. The van der Waals surface area contributed by atoms with Crippen LogP contribution in [0.2, 0.25) is 5.02 Å². The third-order valence-electron chi connectivity index (χ3n) is 4.65. The van der Waals surface area contributed by atoms with Gasteiger partial charge < -0.3 is 14.4 Å². The summed E-state index contributed by atoms with van der Waals surface area (Å²) >= 11 is 5.84. The van der Waals surface area contributed by atoms with Gasteiger partial charge in [0.1, 0.15) is 0 Å². The van der Waals surface area contributed by atoms with Crippen LogP contribution >= 0.6 is 11.6 Å². The Morgan fingerprint density at radius 3 is 2.44 bits per heavy atom. The number of ether oxygens (including phenoxy) is 2. The van der Waals surface area contributed by atoms with E-state index in [4.69, 9.17) is 21.1 Å². The highest BCUT2D eigenvalue weighted by molar-refractivity contribution is 7.92. The maximum absolute atomic E-state index is 12.9. The molecule has 1 saturated heterocycles. The number of carbonyl (C=O) groups is 1. The fourth-order valence-electron chi connectivity index (χ4n) is 3.21. The number of methoxy groups -OCH3 is 2. The first-order valence-corrected chi connectivity index (χ1v) is 10.3. The number of sulfone groups is 1. The van der Waals surface area contributed by atoms with Gasteiger partial charge in [0.15, 0.2) is 21.3 Å². The number of para-hydroxylation sites is 1. The van der Waals surface area contributed by atoms with Crippen molar-refractivity contribution < 1.29 is 22.7 Å². The molecule has 2 aromatic carbocycles. The smallest absolute Gasteiger partial charge is 0.257 e. The molecule has 27 heavy (non-hydrogen) atoms. The molecule has 144 valence electrons. The minimum Gasteiger partial charge on any atom is -0.493 e. The zero-order chi connectivity index (χ0) is 19.6. The average Bonchev–Trinajstić information content (AvgIpc) is 3.18. The molecule has 3 rings (SSSR count). The maximum Gasteiger partial charge on any atom is 0.257 e. The largest absolute Gasteiger partial charge is 0.493 e. The number of likely N-dealkylation sites (tertiary alicyclic amines) is 1. The second-order valence-electron chi connectivity index (χ2n) is 6.20. The first kappa shape index (κ1) is 19.5. The summed E-state index contributed by atoms with van der Waals surface area (Å²) in [5.41, 5.74) is 0.349. The summed E-state index contributed by atoms with van der Waals surface area (Å²) in [5.74, 6) is 0.515. The van der Waals surface area contributed by atoms with Crippen LogP contribution < -0.4 is 9.47 Å². The van der Waals surface area contributed by atoms with Crippen LogP contribution in [0.25, 0.3) is 0 Å². The van der Waals surface area contributed by atoms with Crippen LogP contribution in [0, 0.1) is 0 Å². The van der Waals surface area contributed by atoms with E-state index in [1.807, 2.05) is 0 Å². The number of carbonyl (C=O) groups excluding carboxylic acids is 1. The Labute approximate surface area is 163 Å². The third kappa shape index (κ3) is 3.75. The molecule has 0 N–H and O–H groups in total. The van der Waals surface area contributed by atoms with E-state index < -0.39 is 15.1 Å². The molecule has 1 unspecified atom stereocenters. The summed E-state index contributed by atoms with van der Waals surface area (Å²) in [6.07, 6.45) is 0.378. The summed E-state index contributed by atoms with van der Waals surface area (Å²) in [6.45, 7) is 0.487. The fraction of sp³-hybridized carbons (Fsp3) is 0.316. The lowest BCUT2D eigenvalue weighted by Crippen LogP contribution is -2.32. The summed E-state index contributed by atoms with van der Waals surface area (Å²) in [6, 6.07) is 11.1. The van der Waals surface area contributed by atoms with Gasteiger partial charge in [0.25, 0.3) is 5.91 Å². The number of hydrogen-bond acceptors (Lipinski definition) is 5. The van der Waals surface area contributed by atoms with Gasteiger partial charge in [0.05, 0.1) is 29.9 Å². The Morgan fingerprint density at radius 2 is 1.81 bits per heavy atom. The van der Waals surface area contributed by atoms with Crippen LogP contribution in [-0.4, -0.2) is 51.8 Å². The number of benzene rings is 2. The van der Waals surface area contributed by atoms with Gasteiger partial charge in [-0.05, 0) is 42.8 Å². The van der Waals surface area contributed by atoms with Crippen LogP contribution in [0.4, 0.5) is 0 Å². The molecule has 1 amide bonds. The standard InChI is InChI=1S/C19H20ClNO5S/c1-25-17-5-3-4-16(18(17)26-2)19(22)21-11-10-15(12-21)27(23,24)14-8-6-13(20)7-9-14/h3-9,15H,10-12H2,1-2H3. The Bertz CT molecular complexity index is 943. The van der Waals surface area contributed by atoms with Crippen molar-refractivity contribution in [2.75, 3.05) is 27.3 Å². The van der Waals surface area contributed by atoms with E-state index in [-0.39, 0.29) is 17.3 Å². The number of halogens is 1. The van der Waals surface area contributed by atoms with Crippen molar-refractivity contribution in [2.45, 2.75) is 16.6 Å². The van der Waals surface area contributed by atoms with Gasteiger partial charge in [0, 0.05) is 18.1 Å².